The minimum absolute atomic E-state index is 0.249. The van der Waals surface area contributed by atoms with Gasteiger partial charge in [0.15, 0.2) is 11.8 Å². The Balaban J connectivity index is 1.46. The second kappa shape index (κ2) is 10.8. The van der Waals surface area contributed by atoms with Crippen LogP contribution in [-0.4, -0.2) is 53.1 Å². The molecule has 0 amide bonds. The molecule has 8 nitrogen and oxygen atoms in total. The molecule has 0 bridgehead atoms. The number of aliphatic imine (C=N–C) groups is 1. The number of hydrogen-bond donors (Lipinski definition) is 2. The zero-order valence-corrected chi connectivity index (χ0v) is 16.7. The van der Waals surface area contributed by atoms with E-state index in [0.717, 1.165) is 43.6 Å². The number of rotatable bonds is 9. The van der Waals surface area contributed by atoms with Gasteiger partial charge in [0, 0.05) is 26.7 Å². The van der Waals surface area contributed by atoms with Crippen LogP contribution in [0.5, 0.6) is 0 Å². The van der Waals surface area contributed by atoms with E-state index in [0.29, 0.717) is 26.3 Å². The van der Waals surface area contributed by atoms with Crippen LogP contribution in [0.15, 0.2) is 35.3 Å². The third-order valence-electron chi connectivity index (χ3n) is 4.73. The normalized spacial score (nSPS) is 17.1. The van der Waals surface area contributed by atoms with Gasteiger partial charge in [0.1, 0.15) is 12.4 Å². The van der Waals surface area contributed by atoms with Crippen LogP contribution in [0.1, 0.15) is 30.1 Å². The van der Waals surface area contributed by atoms with E-state index in [4.69, 9.17) is 9.47 Å². The summed E-state index contributed by atoms with van der Waals surface area (Å²) in [6.07, 6.45) is 2.46. The van der Waals surface area contributed by atoms with E-state index in [2.05, 4.69) is 38.0 Å². The third kappa shape index (κ3) is 6.31. The molecule has 28 heavy (non-hydrogen) atoms. The summed E-state index contributed by atoms with van der Waals surface area (Å²) < 4.78 is 13.4. The van der Waals surface area contributed by atoms with Crippen molar-refractivity contribution in [3.8, 4) is 0 Å². The van der Waals surface area contributed by atoms with Crippen molar-refractivity contribution >= 4 is 5.96 Å². The number of benzene rings is 1. The highest BCUT2D eigenvalue weighted by Crippen LogP contribution is 2.10. The maximum Gasteiger partial charge on any atom is 0.191 e. The average molecular weight is 387 g/mol. The van der Waals surface area contributed by atoms with Crippen LogP contribution in [0.3, 0.4) is 0 Å². The Morgan fingerprint density at radius 1 is 1.29 bits per heavy atom. The predicted octanol–water partition coefficient (Wildman–Crippen LogP) is 1.55. The van der Waals surface area contributed by atoms with Crippen molar-refractivity contribution in [3.63, 3.8) is 0 Å². The lowest BCUT2D eigenvalue weighted by Crippen LogP contribution is -2.42. The molecule has 0 radical (unpaired) electrons. The topological polar surface area (TPSA) is 85.6 Å². The van der Waals surface area contributed by atoms with Gasteiger partial charge in [-0.2, -0.15) is 0 Å². The number of aryl methyl sites for hydroxylation is 1. The summed E-state index contributed by atoms with van der Waals surface area (Å²) in [4.78, 5) is 4.64. The lowest BCUT2D eigenvalue weighted by molar-refractivity contribution is 0.113. The molecule has 3 rings (SSSR count). The zero-order valence-electron chi connectivity index (χ0n) is 16.7. The van der Waals surface area contributed by atoms with E-state index in [1.54, 1.807) is 0 Å². The minimum Gasteiger partial charge on any atom is -0.376 e. The minimum atomic E-state index is 0.249. The molecule has 1 atom stereocenters. The van der Waals surface area contributed by atoms with Gasteiger partial charge in [0.05, 0.1) is 19.3 Å². The smallest absolute Gasteiger partial charge is 0.191 e. The molecule has 0 saturated carbocycles. The molecule has 1 aliphatic rings. The standard InChI is InChI=1S/C20H30N6O2/c1-16-24-25-19(26(16)2)14-23-20(22-13-18-9-6-11-28-18)21-10-12-27-15-17-7-4-3-5-8-17/h3-5,7-8,18H,6,9-15H2,1-2H3,(H2,21,22,23). The van der Waals surface area contributed by atoms with Gasteiger partial charge in [-0.3, -0.25) is 0 Å². The van der Waals surface area contributed by atoms with Gasteiger partial charge in [0.2, 0.25) is 0 Å². The van der Waals surface area contributed by atoms with Crippen molar-refractivity contribution in [2.45, 2.75) is 39.0 Å². The summed E-state index contributed by atoms with van der Waals surface area (Å²) in [7, 11) is 1.95. The molecule has 1 unspecified atom stereocenters. The first-order chi connectivity index (χ1) is 13.7. The molecule has 0 spiro atoms. The molecule has 2 heterocycles. The first kappa shape index (κ1) is 20.3. The van der Waals surface area contributed by atoms with Crippen LogP contribution in [0.25, 0.3) is 0 Å². The van der Waals surface area contributed by atoms with Crippen LogP contribution >= 0.6 is 0 Å². The number of ether oxygens (including phenoxy) is 2. The highest BCUT2D eigenvalue weighted by Gasteiger charge is 2.15. The van der Waals surface area contributed by atoms with E-state index in [9.17, 15) is 0 Å². The first-order valence-electron chi connectivity index (χ1n) is 9.82. The maximum atomic E-state index is 5.74. The molecule has 0 aliphatic carbocycles. The Morgan fingerprint density at radius 2 is 2.14 bits per heavy atom. The van der Waals surface area contributed by atoms with E-state index < -0.39 is 0 Å². The summed E-state index contributed by atoms with van der Waals surface area (Å²) in [5, 5.41) is 14.9. The zero-order chi connectivity index (χ0) is 19.6. The van der Waals surface area contributed by atoms with Crippen LogP contribution in [0, 0.1) is 6.92 Å². The van der Waals surface area contributed by atoms with E-state index in [-0.39, 0.29) is 6.10 Å². The fraction of sp³-hybridized carbons (Fsp3) is 0.550. The summed E-state index contributed by atoms with van der Waals surface area (Å²) in [6, 6.07) is 10.2. The molecule has 1 fully saturated rings. The molecule has 152 valence electrons. The second-order valence-electron chi connectivity index (χ2n) is 6.87. The molecular weight excluding hydrogens is 356 g/mol. The van der Waals surface area contributed by atoms with Gasteiger partial charge in [-0.1, -0.05) is 30.3 Å². The van der Waals surface area contributed by atoms with Gasteiger partial charge in [-0.25, -0.2) is 4.99 Å². The maximum absolute atomic E-state index is 5.74. The van der Waals surface area contributed by atoms with Crippen molar-refractivity contribution in [2.75, 3.05) is 26.3 Å². The third-order valence-corrected chi connectivity index (χ3v) is 4.73. The van der Waals surface area contributed by atoms with Crippen molar-refractivity contribution in [3.05, 3.63) is 47.5 Å². The molecule has 1 aromatic heterocycles. The molecule has 2 N–H and O–H groups in total. The molecule has 8 heteroatoms. The quantitative estimate of drug-likeness (QED) is 0.386. The summed E-state index contributed by atoms with van der Waals surface area (Å²) in [5.74, 6) is 2.44. The summed E-state index contributed by atoms with van der Waals surface area (Å²) in [6.45, 7) is 5.85. The lowest BCUT2D eigenvalue weighted by atomic mass is 10.2. The van der Waals surface area contributed by atoms with E-state index >= 15 is 0 Å². The molecule has 1 saturated heterocycles. The van der Waals surface area contributed by atoms with Gasteiger partial charge >= 0.3 is 0 Å². The van der Waals surface area contributed by atoms with Crippen molar-refractivity contribution in [2.24, 2.45) is 12.0 Å². The number of nitrogens with one attached hydrogen (secondary N) is 2. The summed E-state index contributed by atoms with van der Waals surface area (Å²) >= 11 is 0. The number of aromatic nitrogens is 3. The van der Waals surface area contributed by atoms with Crippen LogP contribution in [-0.2, 0) is 29.7 Å². The van der Waals surface area contributed by atoms with Crippen molar-refractivity contribution in [1.29, 1.82) is 0 Å². The molecule has 2 aromatic rings. The van der Waals surface area contributed by atoms with Crippen LogP contribution in [0.4, 0.5) is 0 Å². The molecular formula is C20H30N6O2. The van der Waals surface area contributed by atoms with Crippen molar-refractivity contribution in [1.82, 2.24) is 25.4 Å². The van der Waals surface area contributed by atoms with E-state index in [1.165, 1.54) is 5.56 Å². The highest BCUT2D eigenvalue weighted by molar-refractivity contribution is 5.79. The Hall–Kier alpha value is -2.45. The van der Waals surface area contributed by atoms with Gasteiger partial charge in [0.25, 0.3) is 0 Å². The SMILES string of the molecule is Cc1nnc(CN=C(NCCOCc2ccccc2)NCC2CCCO2)n1C. The fourth-order valence-electron chi connectivity index (χ4n) is 2.93. The number of hydrogen-bond acceptors (Lipinski definition) is 5. The Bertz CT molecular complexity index is 740. The predicted molar refractivity (Wildman–Crippen MR) is 108 cm³/mol. The monoisotopic (exact) mass is 386 g/mol. The number of nitrogens with zero attached hydrogens (tertiary/aromatic N) is 4. The Kier molecular flexibility index (Phi) is 7.81. The largest absolute Gasteiger partial charge is 0.376 e. The van der Waals surface area contributed by atoms with Gasteiger partial charge in [-0.15, -0.1) is 10.2 Å². The molecule has 1 aromatic carbocycles. The average Bonchev–Trinajstić information content (AvgIpc) is 3.35. The Labute approximate surface area is 166 Å². The van der Waals surface area contributed by atoms with Gasteiger partial charge in [-0.05, 0) is 25.3 Å². The van der Waals surface area contributed by atoms with Crippen LogP contribution < -0.4 is 10.6 Å². The molecule has 1 aliphatic heterocycles. The Morgan fingerprint density at radius 3 is 2.86 bits per heavy atom. The summed E-state index contributed by atoms with van der Waals surface area (Å²) in [5.41, 5.74) is 1.17. The highest BCUT2D eigenvalue weighted by atomic mass is 16.5. The lowest BCUT2D eigenvalue weighted by Gasteiger charge is -2.15. The fourth-order valence-corrected chi connectivity index (χ4v) is 2.93. The van der Waals surface area contributed by atoms with E-state index in [1.807, 2.05) is 36.7 Å². The van der Waals surface area contributed by atoms with Crippen LogP contribution in [0.2, 0.25) is 0 Å². The number of guanidine groups is 1. The van der Waals surface area contributed by atoms with Gasteiger partial charge < -0.3 is 24.7 Å². The second-order valence-corrected chi connectivity index (χ2v) is 6.87. The first-order valence-corrected chi connectivity index (χ1v) is 9.82. The van der Waals surface area contributed by atoms with Crippen molar-refractivity contribution < 1.29 is 9.47 Å².